The lowest BCUT2D eigenvalue weighted by Crippen LogP contribution is -2.33. The molecular weight excluding hydrogens is 286 g/mol. The maximum absolute atomic E-state index is 13.8. The Labute approximate surface area is 117 Å². The minimum atomic E-state index is -4.03. The van der Waals surface area contributed by atoms with E-state index in [1.54, 1.807) is 6.92 Å². The summed E-state index contributed by atoms with van der Waals surface area (Å²) in [6.07, 6.45) is 1.96. The molecule has 0 atom stereocenters. The molecule has 112 valence electrons. The molecule has 0 aliphatic heterocycles. The number of hydrogen-bond donors (Lipinski definition) is 1. The molecule has 0 saturated heterocycles. The summed E-state index contributed by atoms with van der Waals surface area (Å²) in [5.74, 6) is -2.19. The van der Waals surface area contributed by atoms with E-state index in [4.69, 9.17) is 5.73 Å². The first-order valence-corrected chi connectivity index (χ1v) is 8.02. The Morgan fingerprint density at radius 3 is 2.50 bits per heavy atom. The lowest BCUT2D eigenvalue weighted by Gasteiger charge is -2.21. The van der Waals surface area contributed by atoms with Crippen molar-refractivity contribution >= 4 is 10.0 Å². The Kier molecular flexibility index (Phi) is 4.41. The third-order valence-corrected chi connectivity index (χ3v) is 5.36. The van der Waals surface area contributed by atoms with Crippen molar-refractivity contribution in [1.29, 1.82) is 0 Å². The van der Waals surface area contributed by atoms with Gasteiger partial charge in [-0.15, -0.1) is 0 Å². The molecule has 0 amide bonds. The van der Waals surface area contributed by atoms with Crippen molar-refractivity contribution in [2.75, 3.05) is 13.1 Å². The predicted molar refractivity (Wildman–Crippen MR) is 71.4 cm³/mol. The van der Waals surface area contributed by atoms with Crippen molar-refractivity contribution in [3.05, 3.63) is 29.3 Å². The van der Waals surface area contributed by atoms with E-state index in [-0.39, 0.29) is 18.7 Å². The van der Waals surface area contributed by atoms with Gasteiger partial charge >= 0.3 is 0 Å². The van der Waals surface area contributed by atoms with Crippen LogP contribution in [0.25, 0.3) is 0 Å². The molecule has 2 N–H and O–H groups in total. The molecule has 0 radical (unpaired) electrons. The van der Waals surface area contributed by atoms with Crippen molar-refractivity contribution in [2.24, 2.45) is 11.7 Å². The third-order valence-electron chi connectivity index (χ3n) is 3.42. The first-order chi connectivity index (χ1) is 9.40. The van der Waals surface area contributed by atoms with Crippen LogP contribution in [0.15, 0.2) is 17.0 Å². The zero-order chi connectivity index (χ0) is 14.9. The van der Waals surface area contributed by atoms with Crippen LogP contribution in [0.5, 0.6) is 0 Å². The number of benzene rings is 1. The molecule has 0 aromatic heterocycles. The molecular formula is C13H18F2N2O2S. The van der Waals surface area contributed by atoms with Gasteiger partial charge in [-0.1, -0.05) is 6.92 Å². The average Bonchev–Trinajstić information content (AvgIpc) is 3.22. The van der Waals surface area contributed by atoms with E-state index in [1.807, 2.05) is 0 Å². The number of rotatable bonds is 6. The Balaban J connectivity index is 2.43. The van der Waals surface area contributed by atoms with Crippen molar-refractivity contribution < 1.29 is 17.2 Å². The Hall–Kier alpha value is -1.05. The molecule has 1 aliphatic carbocycles. The van der Waals surface area contributed by atoms with Gasteiger partial charge in [0.1, 0.15) is 4.90 Å². The topological polar surface area (TPSA) is 63.4 Å². The molecule has 0 bridgehead atoms. The molecule has 1 aromatic carbocycles. The molecule has 0 heterocycles. The number of nitrogens with two attached hydrogens (primary N) is 1. The highest BCUT2D eigenvalue weighted by Gasteiger charge is 2.33. The normalized spacial score (nSPS) is 15.8. The van der Waals surface area contributed by atoms with Crippen molar-refractivity contribution in [3.8, 4) is 0 Å². The largest absolute Gasteiger partial charge is 0.326 e. The molecule has 0 spiro atoms. The zero-order valence-corrected chi connectivity index (χ0v) is 12.1. The zero-order valence-electron chi connectivity index (χ0n) is 11.3. The minimum Gasteiger partial charge on any atom is -0.326 e. The summed E-state index contributed by atoms with van der Waals surface area (Å²) in [5.41, 5.74) is 5.64. The van der Waals surface area contributed by atoms with Crippen LogP contribution in [-0.4, -0.2) is 25.8 Å². The Morgan fingerprint density at radius 1 is 1.35 bits per heavy atom. The van der Waals surface area contributed by atoms with E-state index in [0.29, 0.717) is 12.5 Å². The van der Waals surface area contributed by atoms with Crippen LogP contribution in [0.4, 0.5) is 8.78 Å². The molecule has 7 heteroatoms. The second-order valence-corrected chi connectivity index (χ2v) is 6.90. The molecule has 1 fully saturated rings. The standard InChI is InChI=1S/C13H18F2N2O2S/c1-2-17(8-9-3-4-9)20(18,19)12-6-10(7-16)5-11(14)13(12)15/h5-6,9H,2-4,7-8,16H2,1H3. The second-order valence-electron chi connectivity index (χ2n) is 4.99. The van der Waals surface area contributed by atoms with Crippen molar-refractivity contribution in [3.63, 3.8) is 0 Å². The highest BCUT2D eigenvalue weighted by Crippen LogP contribution is 2.32. The molecule has 4 nitrogen and oxygen atoms in total. The van der Waals surface area contributed by atoms with Crippen LogP contribution >= 0.6 is 0 Å². The number of sulfonamides is 1. The smallest absolute Gasteiger partial charge is 0.246 e. The number of nitrogens with zero attached hydrogens (tertiary/aromatic N) is 1. The van der Waals surface area contributed by atoms with E-state index in [2.05, 4.69) is 0 Å². The summed E-state index contributed by atoms with van der Waals surface area (Å²) >= 11 is 0. The fraction of sp³-hybridized carbons (Fsp3) is 0.538. The van der Waals surface area contributed by atoms with Gasteiger partial charge in [-0.25, -0.2) is 17.2 Å². The van der Waals surface area contributed by atoms with Crippen molar-refractivity contribution in [2.45, 2.75) is 31.2 Å². The van der Waals surface area contributed by atoms with Crippen LogP contribution in [-0.2, 0) is 16.6 Å². The van der Waals surface area contributed by atoms with Gasteiger partial charge in [0, 0.05) is 19.6 Å². The van der Waals surface area contributed by atoms with E-state index in [1.165, 1.54) is 4.31 Å². The lowest BCUT2D eigenvalue weighted by atomic mass is 10.2. The maximum atomic E-state index is 13.8. The highest BCUT2D eigenvalue weighted by molar-refractivity contribution is 7.89. The van der Waals surface area contributed by atoms with E-state index in [0.717, 1.165) is 25.0 Å². The Morgan fingerprint density at radius 2 is 2.00 bits per heavy atom. The van der Waals surface area contributed by atoms with Crippen LogP contribution in [0.2, 0.25) is 0 Å². The van der Waals surface area contributed by atoms with Crippen LogP contribution < -0.4 is 5.73 Å². The van der Waals surface area contributed by atoms with Gasteiger partial charge in [-0.3, -0.25) is 0 Å². The van der Waals surface area contributed by atoms with E-state index >= 15 is 0 Å². The van der Waals surface area contributed by atoms with Crippen LogP contribution in [0.1, 0.15) is 25.3 Å². The average molecular weight is 304 g/mol. The fourth-order valence-corrected chi connectivity index (χ4v) is 3.70. The summed E-state index contributed by atoms with van der Waals surface area (Å²) < 4.78 is 53.4. The quantitative estimate of drug-likeness (QED) is 0.872. The second kappa shape index (κ2) is 5.75. The fourth-order valence-electron chi connectivity index (χ4n) is 2.05. The van der Waals surface area contributed by atoms with Gasteiger partial charge in [0.05, 0.1) is 0 Å². The molecule has 1 saturated carbocycles. The molecule has 0 unspecified atom stereocenters. The first kappa shape index (κ1) is 15.3. The van der Waals surface area contributed by atoms with Gasteiger partial charge in [-0.05, 0) is 36.5 Å². The Bertz CT molecular complexity index is 601. The monoisotopic (exact) mass is 304 g/mol. The lowest BCUT2D eigenvalue weighted by molar-refractivity contribution is 0.404. The van der Waals surface area contributed by atoms with E-state index in [9.17, 15) is 17.2 Å². The molecule has 1 aromatic rings. The number of hydrogen-bond acceptors (Lipinski definition) is 3. The van der Waals surface area contributed by atoms with Gasteiger partial charge in [-0.2, -0.15) is 4.31 Å². The summed E-state index contributed by atoms with van der Waals surface area (Å²) in [6.45, 7) is 2.22. The maximum Gasteiger partial charge on any atom is 0.246 e. The SMILES string of the molecule is CCN(CC1CC1)S(=O)(=O)c1cc(CN)cc(F)c1F. The number of halogens is 2. The molecule has 20 heavy (non-hydrogen) atoms. The molecule has 1 aliphatic rings. The summed E-state index contributed by atoms with van der Waals surface area (Å²) in [6, 6.07) is 2.04. The summed E-state index contributed by atoms with van der Waals surface area (Å²) in [7, 11) is -4.03. The van der Waals surface area contributed by atoms with Gasteiger partial charge in [0.2, 0.25) is 10.0 Å². The third kappa shape index (κ3) is 2.99. The van der Waals surface area contributed by atoms with E-state index < -0.39 is 26.6 Å². The first-order valence-electron chi connectivity index (χ1n) is 6.58. The highest BCUT2D eigenvalue weighted by atomic mass is 32.2. The van der Waals surface area contributed by atoms with Crippen molar-refractivity contribution in [1.82, 2.24) is 4.31 Å². The van der Waals surface area contributed by atoms with Crippen LogP contribution in [0.3, 0.4) is 0 Å². The summed E-state index contributed by atoms with van der Waals surface area (Å²) in [4.78, 5) is -0.625. The van der Waals surface area contributed by atoms with Crippen LogP contribution in [0, 0.1) is 17.6 Å². The predicted octanol–water partition coefficient (Wildman–Crippen LogP) is 1.84. The summed E-state index contributed by atoms with van der Waals surface area (Å²) in [5, 5.41) is 0. The minimum absolute atomic E-state index is 0.0472. The van der Waals surface area contributed by atoms with Gasteiger partial charge in [0.25, 0.3) is 0 Å². The van der Waals surface area contributed by atoms with Gasteiger partial charge in [0.15, 0.2) is 11.6 Å². The molecule has 2 rings (SSSR count). The van der Waals surface area contributed by atoms with Gasteiger partial charge < -0.3 is 5.73 Å².